The lowest BCUT2D eigenvalue weighted by molar-refractivity contribution is -0.129. The first-order chi connectivity index (χ1) is 9.20. The van der Waals surface area contributed by atoms with E-state index in [0.717, 1.165) is 25.9 Å². The van der Waals surface area contributed by atoms with Crippen molar-refractivity contribution in [2.75, 3.05) is 39.9 Å². The predicted molar refractivity (Wildman–Crippen MR) is 77.8 cm³/mol. The van der Waals surface area contributed by atoms with Crippen LogP contribution in [0.4, 0.5) is 0 Å². The Morgan fingerprint density at radius 1 is 1.55 bits per heavy atom. The maximum absolute atomic E-state index is 12.1. The van der Waals surface area contributed by atoms with Crippen molar-refractivity contribution in [2.45, 2.75) is 25.3 Å². The standard InChI is InChI=1S/C13H23N3O3.ClH/c1-19-6-5-16-9-10(7-12(16)17)13(18)15-11-3-2-4-14-8-11;/h10-11,14H,2-9H2,1H3,(H,15,18);1H/t10?,11-;/m0./s1. The molecule has 0 radical (unpaired) electrons. The molecule has 2 amide bonds. The first-order valence-corrected chi connectivity index (χ1v) is 6.98. The highest BCUT2D eigenvalue weighted by molar-refractivity contribution is 5.89. The number of rotatable bonds is 5. The molecule has 0 bridgehead atoms. The van der Waals surface area contributed by atoms with Gasteiger partial charge in [-0.3, -0.25) is 9.59 Å². The molecule has 0 aromatic carbocycles. The van der Waals surface area contributed by atoms with E-state index < -0.39 is 0 Å². The van der Waals surface area contributed by atoms with Crippen LogP contribution in [-0.4, -0.2) is 62.7 Å². The number of nitrogens with one attached hydrogen (secondary N) is 2. The number of methoxy groups -OCH3 is 1. The Morgan fingerprint density at radius 2 is 2.35 bits per heavy atom. The van der Waals surface area contributed by atoms with Crippen LogP contribution in [0.2, 0.25) is 0 Å². The summed E-state index contributed by atoms with van der Waals surface area (Å²) in [5.74, 6) is -0.132. The number of carbonyl (C=O) groups excluding carboxylic acids is 2. The molecule has 0 saturated carbocycles. The van der Waals surface area contributed by atoms with Gasteiger partial charge >= 0.3 is 0 Å². The zero-order valence-corrected chi connectivity index (χ0v) is 12.7. The summed E-state index contributed by atoms with van der Waals surface area (Å²) in [7, 11) is 1.61. The van der Waals surface area contributed by atoms with Crippen LogP contribution in [0.3, 0.4) is 0 Å². The molecule has 2 N–H and O–H groups in total. The Morgan fingerprint density at radius 3 is 3.00 bits per heavy atom. The van der Waals surface area contributed by atoms with Crippen molar-refractivity contribution in [3.05, 3.63) is 0 Å². The molecule has 6 nitrogen and oxygen atoms in total. The van der Waals surface area contributed by atoms with Crippen LogP contribution in [0.1, 0.15) is 19.3 Å². The normalized spacial score (nSPS) is 26.2. The Kier molecular flexibility index (Phi) is 7.26. The minimum atomic E-state index is -0.203. The molecule has 2 fully saturated rings. The molecule has 7 heteroatoms. The summed E-state index contributed by atoms with van der Waals surface area (Å²) < 4.78 is 4.97. The summed E-state index contributed by atoms with van der Waals surface area (Å²) in [6.07, 6.45) is 2.44. The van der Waals surface area contributed by atoms with E-state index in [0.29, 0.717) is 26.1 Å². The van der Waals surface area contributed by atoms with Crippen LogP contribution < -0.4 is 10.6 Å². The van der Waals surface area contributed by atoms with Gasteiger partial charge in [-0.2, -0.15) is 0 Å². The van der Waals surface area contributed by atoms with Crippen molar-refractivity contribution >= 4 is 24.2 Å². The fraction of sp³-hybridized carbons (Fsp3) is 0.846. The number of carbonyl (C=O) groups is 2. The molecule has 0 aromatic rings. The van der Waals surface area contributed by atoms with Crippen molar-refractivity contribution < 1.29 is 14.3 Å². The number of nitrogens with zero attached hydrogens (tertiary/aromatic N) is 1. The average molecular weight is 306 g/mol. The van der Waals surface area contributed by atoms with E-state index in [-0.39, 0.29) is 36.2 Å². The van der Waals surface area contributed by atoms with Gasteiger partial charge in [0.1, 0.15) is 0 Å². The minimum Gasteiger partial charge on any atom is -0.383 e. The van der Waals surface area contributed by atoms with E-state index in [4.69, 9.17) is 4.74 Å². The van der Waals surface area contributed by atoms with Gasteiger partial charge in [-0.25, -0.2) is 0 Å². The maximum atomic E-state index is 12.1. The molecule has 2 aliphatic heterocycles. The van der Waals surface area contributed by atoms with E-state index in [1.807, 2.05) is 0 Å². The van der Waals surface area contributed by atoms with Crippen LogP contribution in [0.25, 0.3) is 0 Å². The number of likely N-dealkylation sites (tertiary alicyclic amines) is 1. The van der Waals surface area contributed by atoms with E-state index in [9.17, 15) is 9.59 Å². The highest BCUT2D eigenvalue weighted by Gasteiger charge is 2.34. The summed E-state index contributed by atoms with van der Waals surface area (Å²) in [5, 5.41) is 6.31. The molecular formula is C13H24ClN3O3. The number of amides is 2. The summed E-state index contributed by atoms with van der Waals surface area (Å²) in [4.78, 5) is 25.6. The number of hydrogen-bond acceptors (Lipinski definition) is 4. The molecular weight excluding hydrogens is 282 g/mol. The fourth-order valence-corrected chi connectivity index (χ4v) is 2.66. The molecule has 0 aliphatic carbocycles. The van der Waals surface area contributed by atoms with Gasteiger partial charge in [-0.1, -0.05) is 0 Å². The smallest absolute Gasteiger partial charge is 0.225 e. The summed E-state index contributed by atoms with van der Waals surface area (Å²) >= 11 is 0. The molecule has 20 heavy (non-hydrogen) atoms. The third kappa shape index (κ3) is 4.61. The van der Waals surface area contributed by atoms with Crippen LogP contribution in [0, 0.1) is 5.92 Å². The van der Waals surface area contributed by atoms with Gasteiger partial charge in [0, 0.05) is 39.2 Å². The second-order valence-corrected chi connectivity index (χ2v) is 5.29. The van der Waals surface area contributed by atoms with Crippen molar-refractivity contribution in [1.82, 2.24) is 15.5 Å². The summed E-state index contributed by atoms with van der Waals surface area (Å²) in [5.41, 5.74) is 0. The van der Waals surface area contributed by atoms with Crippen LogP contribution >= 0.6 is 12.4 Å². The molecule has 2 aliphatic rings. The predicted octanol–water partition coefficient (Wildman–Crippen LogP) is -0.229. The molecule has 0 aromatic heterocycles. The lowest BCUT2D eigenvalue weighted by Gasteiger charge is -2.25. The first kappa shape index (κ1) is 17.2. The molecule has 0 spiro atoms. The van der Waals surface area contributed by atoms with Crippen molar-refractivity contribution in [1.29, 1.82) is 0 Å². The average Bonchev–Trinajstić information content (AvgIpc) is 2.79. The van der Waals surface area contributed by atoms with Gasteiger partial charge in [0.2, 0.25) is 11.8 Å². The van der Waals surface area contributed by atoms with Gasteiger partial charge in [0.25, 0.3) is 0 Å². The molecule has 1 unspecified atom stereocenters. The van der Waals surface area contributed by atoms with Gasteiger partial charge in [0.15, 0.2) is 0 Å². The lowest BCUT2D eigenvalue weighted by Crippen LogP contribution is -2.47. The maximum Gasteiger partial charge on any atom is 0.225 e. The highest BCUT2D eigenvalue weighted by Crippen LogP contribution is 2.18. The molecule has 2 rings (SSSR count). The number of hydrogen-bond donors (Lipinski definition) is 2. The summed E-state index contributed by atoms with van der Waals surface area (Å²) in [6, 6.07) is 0.212. The highest BCUT2D eigenvalue weighted by atomic mass is 35.5. The Hall–Kier alpha value is -0.850. The van der Waals surface area contributed by atoms with Gasteiger partial charge in [-0.15, -0.1) is 12.4 Å². The monoisotopic (exact) mass is 305 g/mol. The zero-order chi connectivity index (χ0) is 13.7. The van der Waals surface area contributed by atoms with Crippen molar-refractivity contribution in [2.24, 2.45) is 5.92 Å². The quantitative estimate of drug-likeness (QED) is 0.736. The van der Waals surface area contributed by atoms with Crippen LogP contribution in [0.15, 0.2) is 0 Å². The lowest BCUT2D eigenvalue weighted by atomic mass is 10.0. The third-order valence-electron chi connectivity index (χ3n) is 3.79. The van der Waals surface area contributed by atoms with Crippen LogP contribution in [0.5, 0.6) is 0 Å². The van der Waals surface area contributed by atoms with E-state index in [2.05, 4.69) is 10.6 Å². The minimum absolute atomic E-state index is 0. The molecule has 2 heterocycles. The fourth-order valence-electron chi connectivity index (χ4n) is 2.66. The van der Waals surface area contributed by atoms with E-state index >= 15 is 0 Å². The number of piperidine rings is 1. The van der Waals surface area contributed by atoms with E-state index in [1.54, 1.807) is 12.0 Å². The zero-order valence-electron chi connectivity index (χ0n) is 11.9. The topological polar surface area (TPSA) is 70.7 Å². The third-order valence-corrected chi connectivity index (χ3v) is 3.79. The molecule has 116 valence electrons. The summed E-state index contributed by atoms with van der Waals surface area (Å²) in [6.45, 7) is 3.48. The first-order valence-electron chi connectivity index (χ1n) is 6.98. The number of halogens is 1. The molecule has 2 atom stereocenters. The molecule has 2 saturated heterocycles. The SMILES string of the molecule is COCCN1CC(C(=O)N[C@H]2CCCNC2)CC1=O.Cl. The van der Waals surface area contributed by atoms with Gasteiger partial charge in [-0.05, 0) is 19.4 Å². The number of ether oxygens (including phenoxy) is 1. The van der Waals surface area contributed by atoms with E-state index in [1.165, 1.54) is 0 Å². The largest absolute Gasteiger partial charge is 0.383 e. The van der Waals surface area contributed by atoms with Crippen molar-refractivity contribution in [3.8, 4) is 0 Å². The Bertz CT molecular complexity index is 335. The van der Waals surface area contributed by atoms with Crippen LogP contribution in [-0.2, 0) is 14.3 Å². The second kappa shape index (κ2) is 8.44. The van der Waals surface area contributed by atoms with Gasteiger partial charge < -0.3 is 20.3 Å². The van der Waals surface area contributed by atoms with Gasteiger partial charge in [0.05, 0.1) is 12.5 Å². The van der Waals surface area contributed by atoms with Crippen molar-refractivity contribution in [3.63, 3.8) is 0 Å². The Balaban J connectivity index is 0.00000200. The Labute approximate surface area is 126 Å². The second-order valence-electron chi connectivity index (χ2n) is 5.29.